The maximum atomic E-state index is 10.7. The third-order valence-corrected chi connectivity index (χ3v) is 3.08. The first-order chi connectivity index (χ1) is 8.82. The van der Waals surface area contributed by atoms with Gasteiger partial charge in [0.15, 0.2) is 0 Å². The van der Waals surface area contributed by atoms with Gasteiger partial charge in [0.1, 0.15) is 5.75 Å². The van der Waals surface area contributed by atoms with E-state index in [0.717, 1.165) is 17.9 Å². The lowest BCUT2D eigenvalue weighted by molar-refractivity contribution is -0.137. The summed E-state index contributed by atoms with van der Waals surface area (Å²) in [5.74, 6) is 0.0700. The minimum absolute atomic E-state index is 0.0601. The van der Waals surface area contributed by atoms with E-state index in [0.29, 0.717) is 6.54 Å². The summed E-state index contributed by atoms with van der Waals surface area (Å²) in [6, 6.07) is 7.87. The van der Waals surface area contributed by atoms with Gasteiger partial charge < -0.3 is 9.84 Å². The maximum absolute atomic E-state index is 10.7. The van der Waals surface area contributed by atoms with Crippen LogP contribution in [0.25, 0.3) is 0 Å². The van der Waals surface area contributed by atoms with Crippen LogP contribution in [0.15, 0.2) is 24.3 Å². The Morgan fingerprint density at radius 2 is 1.84 bits per heavy atom. The number of hydrogen-bond acceptors (Lipinski definition) is 3. The monoisotopic (exact) mass is 265 g/mol. The summed E-state index contributed by atoms with van der Waals surface area (Å²) >= 11 is 0. The Balaban J connectivity index is 2.72. The summed E-state index contributed by atoms with van der Waals surface area (Å²) < 4.78 is 5.13. The highest BCUT2D eigenvalue weighted by atomic mass is 16.5. The molecule has 0 heterocycles. The average molecular weight is 265 g/mol. The molecule has 0 saturated carbocycles. The number of nitrogens with zero attached hydrogens (tertiary/aromatic N) is 1. The molecule has 106 valence electrons. The van der Waals surface area contributed by atoms with Crippen LogP contribution in [0.3, 0.4) is 0 Å². The van der Waals surface area contributed by atoms with Gasteiger partial charge in [0, 0.05) is 18.6 Å². The van der Waals surface area contributed by atoms with Crippen LogP contribution >= 0.6 is 0 Å². The van der Waals surface area contributed by atoms with E-state index < -0.39 is 5.97 Å². The molecule has 0 aromatic heterocycles. The van der Waals surface area contributed by atoms with Crippen LogP contribution in [-0.2, 0) is 11.3 Å². The highest BCUT2D eigenvalue weighted by Crippen LogP contribution is 2.19. The van der Waals surface area contributed by atoms with E-state index in [1.165, 1.54) is 0 Å². The Labute approximate surface area is 115 Å². The number of carboxylic acid groups (broad SMARTS) is 1. The third-order valence-electron chi connectivity index (χ3n) is 3.08. The fourth-order valence-electron chi connectivity index (χ4n) is 1.83. The summed E-state index contributed by atoms with van der Waals surface area (Å²) in [6.07, 6.45) is 0.160. The Hall–Kier alpha value is -1.55. The van der Waals surface area contributed by atoms with Crippen LogP contribution in [0.1, 0.15) is 32.8 Å². The predicted octanol–water partition coefficient (Wildman–Crippen LogP) is 2.77. The number of ether oxygens (including phenoxy) is 1. The van der Waals surface area contributed by atoms with Crippen molar-refractivity contribution < 1.29 is 14.6 Å². The second-order valence-corrected chi connectivity index (χ2v) is 5.58. The van der Waals surface area contributed by atoms with Gasteiger partial charge in [0.2, 0.25) is 0 Å². The SMILES string of the molecule is COc1ccc(CN(CCC(=O)O)C(C)(C)C)cc1. The van der Waals surface area contributed by atoms with Crippen LogP contribution in [0.5, 0.6) is 5.75 Å². The van der Waals surface area contributed by atoms with Crippen molar-refractivity contribution in [1.82, 2.24) is 4.90 Å². The van der Waals surface area contributed by atoms with Crippen LogP contribution in [0.2, 0.25) is 0 Å². The third kappa shape index (κ3) is 5.30. The second-order valence-electron chi connectivity index (χ2n) is 5.58. The van der Waals surface area contributed by atoms with Gasteiger partial charge in [-0.15, -0.1) is 0 Å². The van der Waals surface area contributed by atoms with E-state index in [1.807, 2.05) is 24.3 Å². The molecule has 0 unspecified atom stereocenters. The molecule has 19 heavy (non-hydrogen) atoms. The van der Waals surface area contributed by atoms with Gasteiger partial charge in [0.25, 0.3) is 0 Å². The molecule has 4 heteroatoms. The second kappa shape index (κ2) is 6.57. The number of benzene rings is 1. The molecule has 1 aromatic carbocycles. The highest BCUT2D eigenvalue weighted by Gasteiger charge is 2.21. The number of carboxylic acids is 1. The van der Waals surface area contributed by atoms with Crippen LogP contribution in [0.4, 0.5) is 0 Å². The van der Waals surface area contributed by atoms with Gasteiger partial charge in [-0.2, -0.15) is 0 Å². The number of rotatable bonds is 6. The van der Waals surface area contributed by atoms with E-state index in [4.69, 9.17) is 9.84 Å². The molecule has 0 aliphatic heterocycles. The molecule has 0 saturated heterocycles. The molecule has 0 aliphatic carbocycles. The summed E-state index contributed by atoms with van der Waals surface area (Å²) in [4.78, 5) is 12.9. The molecule has 0 spiro atoms. The van der Waals surface area contributed by atoms with E-state index in [1.54, 1.807) is 7.11 Å². The lowest BCUT2D eigenvalue weighted by Crippen LogP contribution is -2.41. The molecule has 0 aliphatic rings. The minimum atomic E-state index is -0.760. The van der Waals surface area contributed by atoms with E-state index in [2.05, 4.69) is 25.7 Å². The largest absolute Gasteiger partial charge is 0.497 e. The van der Waals surface area contributed by atoms with Crippen molar-refractivity contribution in [2.75, 3.05) is 13.7 Å². The molecule has 1 N–H and O–H groups in total. The number of aliphatic carboxylic acids is 1. The molecule has 1 aromatic rings. The number of hydrogen-bond donors (Lipinski definition) is 1. The molecular weight excluding hydrogens is 242 g/mol. The van der Waals surface area contributed by atoms with E-state index >= 15 is 0 Å². The molecule has 0 radical (unpaired) electrons. The van der Waals surface area contributed by atoms with E-state index in [-0.39, 0.29) is 12.0 Å². The van der Waals surface area contributed by atoms with Gasteiger partial charge in [-0.3, -0.25) is 9.69 Å². The summed E-state index contributed by atoms with van der Waals surface area (Å²) in [6.45, 7) is 7.57. The van der Waals surface area contributed by atoms with Crippen LogP contribution in [-0.4, -0.2) is 35.2 Å². The Morgan fingerprint density at radius 3 is 2.26 bits per heavy atom. The van der Waals surface area contributed by atoms with Gasteiger partial charge >= 0.3 is 5.97 Å². The first kappa shape index (κ1) is 15.5. The first-order valence-corrected chi connectivity index (χ1v) is 6.42. The molecule has 4 nitrogen and oxygen atoms in total. The van der Waals surface area contributed by atoms with Crippen molar-refractivity contribution in [3.05, 3.63) is 29.8 Å². The van der Waals surface area contributed by atoms with Crippen molar-refractivity contribution in [1.29, 1.82) is 0 Å². The Kier molecular flexibility index (Phi) is 5.36. The fourth-order valence-corrected chi connectivity index (χ4v) is 1.83. The standard InChI is InChI=1S/C15H23NO3/c1-15(2,3)16(10-9-14(17)18)11-12-5-7-13(19-4)8-6-12/h5-8H,9-11H2,1-4H3,(H,17,18). The quantitative estimate of drug-likeness (QED) is 0.859. The van der Waals surface area contributed by atoms with Gasteiger partial charge in [0.05, 0.1) is 13.5 Å². The predicted molar refractivity (Wildman–Crippen MR) is 75.4 cm³/mol. The molecule has 0 bridgehead atoms. The summed E-state index contributed by atoms with van der Waals surface area (Å²) in [5, 5.41) is 8.82. The van der Waals surface area contributed by atoms with Crippen molar-refractivity contribution in [3.63, 3.8) is 0 Å². The first-order valence-electron chi connectivity index (χ1n) is 6.42. The molecular formula is C15H23NO3. The fraction of sp³-hybridized carbons (Fsp3) is 0.533. The normalized spacial score (nSPS) is 11.6. The molecule has 1 rings (SSSR count). The Bertz CT molecular complexity index is 406. The summed E-state index contributed by atoms with van der Waals surface area (Å²) in [7, 11) is 1.64. The minimum Gasteiger partial charge on any atom is -0.497 e. The van der Waals surface area contributed by atoms with Crippen molar-refractivity contribution in [2.24, 2.45) is 0 Å². The van der Waals surface area contributed by atoms with Crippen LogP contribution in [0, 0.1) is 0 Å². The maximum Gasteiger partial charge on any atom is 0.304 e. The van der Waals surface area contributed by atoms with Gasteiger partial charge in [-0.25, -0.2) is 0 Å². The number of carbonyl (C=O) groups is 1. The molecule has 0 fully saturated rings. The zero-order valence-electron chi connectivity index (χ0n) is 12.1. The highest BCUT2D eigenvalue weighted by molar-refractivity contribution is 5.66. The van der Waals surface area contributed by atoms with Crippen molar-refractivity contribution >= 4 is 5.97 Å². The summed E-state index contributed by atoms with van der Waals surface area (Å²) in [5.41, 5.74) is 1.09. The van der Waals surface area contributed by atoms with Gasteiger partial charge in [-0.05, 0) is 38.5 Å². The molecule has 0 atom stereocenters. The average Bonchev–Trinajstić information content (AvgIpc) is 2.33. The van der Waals surface area contributed by atoms with Gasteiger partial charge in [-0.1, -0.05) is 12.1 Å². The Morgan fingerprint density at radius 1 is 1.26 bits per heavy atom. The topological polar surface area (TPSA) is 49.8 Å². The molecule has 0 amide bonds. The number of methoxy groups -OCH3 is 1. The smallest absolute Gasteiger partial charge is 0.304 e. The zero-order valence-corrected chi connectivity index (χ0v) is 12.1. The lowest BCUT2D eigenvalue weighted by Gasteiger charge is -2.35. The zero-order chi connectivity index (χ0) is 14.5. The lowest BCUT2D eigenvalue weighted by atomic mass is 10.0. The van der Waals surface area contributed by atoms with Crippen LogP contribution < -0.4 is 4.74 Å². The van der Waals surface area contributed by atoms with Crippen molar-refractivity contribution in [2.45, 2.75) is 39.3 Å². The van der Waals surface area contributed by atoms with Crippen molar-refractivity contribution in [3.8, 4) is 5.75 Å². The van der Waals surface area contributed by atoms with E-state index in [9.17, 15) is 4.79 Å².